The highest BCUT2D eigenvalue weighted by atomic mass is 32.1. The number of morpholine rings is 1. The van der Waals surface area contributed by atoms with Crippen LogP contribution in [0.15, 0.2) is 69.2 Å². The number of hydrogen-bond donors (Lipinski definition) is 1. The molecule has 8 heteroatoms. The number of thiazole rings is 1. The van der Waals surface area contributed by atoms with E-state index in [1.807, 2.05) is 23.6 Å². The number of carbonyl (C=O) groups is 1. The Labute approximate surface area is 181 Å². The summed E-state index contributed by atoms with van der Waals surface area (Å²) in [6, 6.07) is 16.0. The van der Waals surface area contributed by atoms with Crippen molar-refractivity contribution in [1.29, 1.82) is 0 Å². The molecule has 0 atom stereocenters. The zero-order valence-corrected chi connectivity index (χ0v) is 17.4. The van der Waals surface area contributed by atoms with Crippen molar-refractivity contribution in [2.75, 3.05) is 36.5 Å². The molecule has 1 fully saturated rings. The molecular formula is C23H19N3O4S. The van der Waals surface area contributed by atoms with E-state index in [2.05, 4.69) is 10.2 Å². The zero-order chi connectivity index (χ0) is 21.2. The molecule has 3 heterocycles. The summed E-state index contributed by atoms with van der Waals surface area (Å²) in [6.45, 7) is 3.14. The summed E-state index contributed by atoms with van der Waals surface area (Å²) in [5.41, 5.74) is 2.19. The van der Waals surface area contributed by atoms with Crippen molar-refractivity contribution in [2.24, 2.45) is 0 Å². The maximum Gasteiger partial charge on any atom is 0.349 e. The number of anilines is 2. The number of nitrogens with zero attached hydrogens (tertiary/aromatic N) is 2. The highest BCUT2D eigenvalue weighted by molar-refractivity contribution is 7.14. The van der Waals surface area contributed by atoms with Gasteiger partial charge in [0, 0.05) is 35.1 Å². The number of carbonyl (C=O) groups excluding carboxylic acids is 1. The van der Waals surface area contributed by atoms with Gasteiger partial charge >= 0.3 is 5.63 Å². The van der Waals surface area contributed by atoms with Crippen LogP contribution in [0.3, 0.4) is 0 Å². The third kappa shape index (κ3) is 4.08. The van der Waals surface area contributed by atoms with Crippen LogP contribution in [0.4, 0.5) is 10.8 Å². The Hall–Kier alpha value is -3.49. The van der Waals surface area contributed by atoms with E-state index in [0.29, 0.717) is 16.7 Å². The number of amides is 1. The molecule has 1 N–H and O–H groups in total. The van der Waals surface area contributed by atoms with Crippen LogP contribution in [0.2, 0.25) is 0 Å². The average Bonchev–Trinajstić information content (AvgIpc) is 3.30. The van der Waals surface area contributed by atoms with E-state index in [0.717, 1.165) is 42.7 Å². The Morgan fingerprint density at radius 1 is 1.06 bits per heavy atom. The smallest absolute Gasteiger partial charge is 0.349 e. The largest absolute Gasteiger partial charge is 0.422 e. The van der Waals surface area contributed by atoms with Gasteiger partial charge in [-0.25, -0.2) is 9.78 Å². The number of fused-ring (bicyclic) bond motifs is 1. The van der Waals surface area contributed by atoms with Gasteiger partial charge in [0.25, 0.3) is 5.91 Å². The maximum absolute atomic E-state index is 12.6. The third-order valence-corrected chi connectivity index (χ3v) is 6.00. The van der Waals surface area contributed by atoms with Gasteiger partial charge in [0.15, 0.2) is 5.13 Å². The molecule has 0 bridgehead atoms. The third-order valence-electron chi connectivity index (χ3n) is 5.10. The monoisotopic (exact) mass is 433 g/mol. The maximum atomic E-state index is 12.6. The number of para-hydroxylation sites is 1. The van der Waals surface area contributed by atoms with E-state index < -0.39 is 11.5 Å². The molecule has 31 heavy (non-hydrogen) atoms. The molecule has 5 rings (SSSR count). The van der Waals surface area contributed by atoms with Crippen LogP contribution in [0, 0.1) is 0 Å². The minimum absolute atomic E-state index is 0.0302. The number of aromatic nitrogens is 1. The summed E-state index contributed by atoms with van der Waals surface area (Å²) in [6.07, 6.45) is 0. The fourth-order valence-electron chi connectivity index (χ4n) is 3.44. The van der Waals surface area contributed by atoms with Crippen molar-refractivity contribution in [2.45, 2.75) is 0 Å². The van der Waals surface area contributed by atoms with Crippen molar-refractivity contribution >= 4 is 39.0 Å². The minimum Gasteiger partial charge on any atom is -0.422 e. The standard InChI is InChI=1S/C23H19N3O4S/c27-21(18-13-16-3-1-2-4-20(16)30-22(18)28)24-17-7-5-15(6-8-17)19-14-31-23(25-19)26-9-11-29-12-10-26/h1-8,13-14H,9-12H2,(H,24,27). The molecule has 2 aromatic carbocycles. The first-order chi connectivity index (χ1) is 15.2. The predicted molar refractivity (Wildman–Crippen MR) is 121 cm³/mol. The van der Waals surface area contributed by atoms with Gasteiger partial charge < -0.3 is 19.4 Å². The second-order valence-electron chi connectivity index (χ2n) is 7.13. The fraction of sp³-hybridized carbons (Fsp3) is 0.174. The van der Waals surface area contributed by atoms with Crippen LogP contribution in [-0.4, -0.2) is 37.2 Å². The zero-order valence-electron chi connectivity index (χ0n) is 16.5. The van der Waals surface area contributed by atoms with Gasteiger partial charge in [-0.3, -0.25) is 4.79 Å². The Balaban J connectivity index is 1.31. The van der Waals surface area contributed by atoms with Gasteiger partial charge in [-0.05, 0) is 24.3 Å². The summed E-state index contributed by atoms with van der Waals surface area (Å²) in [7, 11) is 0. The Morgan fingerprint density at radius 2 is 1.84 bits per heavy atom. The van der Waals surface area contributed by atoms with Crippen molar-refractivity contribution in [3.63, 3.8) is 0 Å². The van der Waals surface area contributed by atoms with E-state index in [1.165, 1.54) is 0 Å². The lowest BCUT2D eigenvalue weighted by atomic mass is 10.1. The Bertz CT molecular complexity index is 1290. The molecule has 1 amide bonds. The van der Waals surface area contributed by atoms with Gasteiger partial charge in [-0.2, -0.15) is 0 Å². The summed E-state index contributed by atoms with van der Waals surface area (Å²) in [5.74, 6) is -0.504. The summed E-state index contributed by atoms with van der Waals surface area (Å²) in [4.78, 5) is 31.8. The topological polar surface area (TPSA) is 84.7 Å². The molecule has 0 radical (unpaired) electrons. The normalized spacial score (nSPS) is 14.0. The first kappa shape index (κ1) is 19.5. The molecule has 0 saturated carbocycles. The Kier molecular flexibility index (Phi) is 5.23. The van der Waals surface area contributed by atoms with E-state index in [9.17, 15) is 9.59 Å². The van der Waals surface area contributed by atoms with E-state index in [1.54, 1.807) is 47.7 Å². The first-order valence-electron chi connectivity index (χ1n) is 9.90. The van der Waals surface area contributed by atoms with E-state index >= 15 is 0 Å². The van der Waals surface area contributed by atoms with Gasteiger partial charge in [0.05, 0.1) is 18.9 Å². The van der Waals surface area contributed by atoms with Crippen molar-refractivity contribution in [1.82, 2.24) is 4.98 Å². The molecule has 1 aliphatic heterocycles. The van der Waals surface area contributed by atoms with E-state index in [4.69, 9.17) is 14.1 Å². The van der Waals surface area contributed by atoms with Gasteiger partial charge in [0.1, 0.15) is 11.1 Å². The summed E-state index contributed by atoms with van der Waals surface area (Å²) >= 11 is 1.61. The van der Waals surface area contributed by atoms with Crippen LogP contribution < -0.4 is 15.8 Å². The first-order valence-corrected chi connectivity index (χ1v) is 10.8. The van der Waals surface area contributed by atoms with Crippen LogP contribution >= 0.6 is 11.3 Å². The van der Waals surface area contributed by atoms with E-state index in [-0.39, 0.29) is 5.56 Å². The molecule has 1 saturated heterocycles. The van der Waals surface area contributed by atoms with Gasteiger partial charge in [-0.1, -0.05) is 30.3 Å². The Morgan fingerprint density at radius 3 is 2.65 bits per heavy atom. The molecule has 1 aliphatic rings. The highest BCUT2D eigenvalue weighted by Crippen LogP contribution is 2.28. The minimum atomic E-state index is -0.661. The number of nitrogens with one attached hydrogen (secondary N) is 1. The van der Waals surface area contributed by atoms with Crippen molar-refractivity contribution < 1.29 is 13.9 Å². The van der Waals surface area contributed by atoms with Gasteiger partial charge in [-0.15, -0.1) is 11.3 Å². The molecule has 0 spiro atoms. The van der Waals surface area contributed by atoms with Crippen molar-refractivity contribution in [3.05, 3.63) is 76.0 Å². The lowest BCUT2D eigenvalue weighted by Gasteiger charge is -2.26. The fourth-order valence-corrected chi connectivity index (χ4v) is 4.33. The SMILES string of the molecule is O=C(Nc1ccc(-c2csc(N3CCOCC3)n2)cc1)c1cc2ccccc2oc1=O. The molecule has 0 unspecified atom stereocenters. The lowest BCUT2D eigenvalue weighted by molar-refractivity contribution is 0.102. The van der Waals surface area contributed by atoms with Crippen LogP contribution in [0.1, 0.15) is 10.4 Å². The number of ether oxygens (including phenoxy) is 1. The van der Waals surface area contributed by atoms with Crippen molar-refractivity contribution in [3.8, 4) is 11.3 Å². The second-order valence-corrected chi connectivity index (χ2v) is 7.97. The quantitative estimate of drug-likeness (QED) is 0.490. The van der Waals surface area contributed by atoms with Crippen LogP contribution in [-0.2, 0) is 4.74 Å². The molecule has 0 aliphatic carbocycles. The molecule has 4 aromatic rings. The molecule has 156 valence electrons. The predicted octanol–water partition coefficient (Wildman–Crippen LogP) is 4.01. The van der Waals surface area contributed by atoms with Crippen LogP contribution in [0.25, 0.3) is 22.2 Å². The average molecular weight is 433 g/mol. The molecule has 7 nitrogen and oxygen atoms in total. The molecule has 2 aromatic heterocycles. The summed E-state index contributed by atoms with van der Waals surface area (Å²) < 4.78 is 10.6. The number of benzene rings is 2. The molecular weight excluding hydrogens is 414 g/mol. The highest BCUT2D eigenvalue weighted by Gasteiger charge is 2.16. The number of hydrogen-bond acceptors (Lipinski definition) is 7. The van der Waals surface area contributed by atoms with Crippen LogP contribution in [0.5, 0.6) is 0 Å². The lowest BCUT2D eigenvalue weighted by Crippen LogP contribution is -2.36. The van der Waals surface area contributed by atoms with Gasteiger partial charge in [0.2, 0.25) is 0 Å². The number of rotatable bonds is 4. The second kappa shape index (κ2) is 8.33. The summed E-state index contributed by atoms with van der Waals surface area (Å²) in [5, 5.41) is 6.47.